The minimum atomic E-state index is -0.951. The third kappa shape index (κ3) is 3.37. The van der Waals surface area contributed by atoms with Crippen LogP contribution < -0.4 is 5.32 Å². The number of anilines is 1. The quantitative estimate of drug-likeness (QED) is 0.686. The fourth-order valence-electron chi connectivity index (χ4n) is 1.54. The molecule has 2 nitrogen and oxygen atoms in total. The zero-order valence-electron chi connectivity index (χ0n) is 9.68. The molecule has 0 fully saturated rings. The fraction of sp³-hybridized carbons (Fsp3) is 0. The van der Waals surface area contributed by atoms with Crippen molar-refractivity contribution in [3.8, 4) is 0 Å². The summed E-state index contributed by atoms with van der Waals surface area (Å²) in [5.74, 6) is -2.80. The summed E-state index contributed by atoms with van der Waals surface area (Å²) in [4.78, 5) is 12.0. The predicted molar refractivity (Wildman–Crippen MR) is 81.2 cm³/mol. The van der Waals surface area contributed by atoms with Crippen LogP contribution in [0.1, 0.15) is 10.4 Å². The van der Waals surface area contributed by atoms with Gasteiger partial charge in [0.2, 0.25) is 0 Å². The van der Waals surface area contributed by atoms with Gasteiger partial charge in [0.15, 0.2) is 0 Å². The van der Waals surface area contributed by atoms with Crippen LogP contribution in [-0.4, -0.2) is 5.91 Å². The molecule has 0 heterocycles. The molecule has 1 N–H and O–H groups in total. The second kappa shape index (κ2) is 6.20. The maximum absolute atomic E-state index is 13.7. The van der Waals surface area contributed by atoms with Gasteiger partial charge >= 0.3 is 0 Å². The Kier molecular flexibility index (Phi) is 4.78. The summed E-state index contributed by atoms with van der Waals surface area (Å²) in [7, 11) is 0. The number of halogens is 5. The van der Waals surface area contributed by atoms with Crippen LogP contribution in [0.2, 0.25) is 5.02 Å². The molecule has 0 atom stereocenters. The lowest BCUT2D eigenvalue weighted by molar-refractivity contribution is 0.101. The van der Waals surface area contributed by atoms with Gasteiger partial charge in [-0.25, -0.2) is 8.78 Å². The first kappa shape index (κ1) is 15.4. The van der Waals surface area contributed by atoms with Gasteiger partial charge < -0.3 is 5.32 Å². The molecule has 0 aliphatic carbocycles. The van der Waals surface area contributed by atoms with Gasteiger partial charge in [-0.2, -0.15) is 0 Å². The van der Waals surface area contributed by atoms with E-state index in [-0.39, 0.29) is 4.47 Å². The first-order chi connectivity index (χ1) is 9.38. The SMILES string of the molecule is O=C(Nc1cc(Cl)ccc1Br)c1c(F)cc(Br)cc1F. The van der Waals surface area contributed by atoms with Gasteiger partial charge in [-0.05, 0) is 46.3 Å². The smallest absolute Gasteiger partial charge is 0.261 e. The van der Waals surface area contributed by atoms with E-state index in [1.165, 1.54) is 6.07 Å². The maximum Gasteiger partial charge on any atom is 0.261 e. The summed E-state index contributed by atoms with van der Waals surface area (Å²) >= 11 is 12.0. The minimum Gasteiger partial charge on any atom is -0.321 e. The fourth-order valence-corrected chi connectivity index (χ4v) is 2.46. The van der Waals surface area contributed by atoms with E-state index >= 15 is 0 Å². The van der Waals surface area contributed by atoms with Crippen LogP contribution in [-0.2, 0) is 0 Å². The molecule has 20 heavy (non-hydrogen) atoms. The van der Waals surface area contributed by atoms with Crippen molar-refractivity contribution < 1.29 is 13.6 Å². The van der Waals surface area contributed by atoms with Gasteiger partial charge in [-0.1, -0.05) is 27.5 Å². The van der Waals surface area contributed by atoms with Crippen molar-refractivity contribution in [3.05, 3.63) is 61.5 Å². The minimum absolute atomic E-state index is 0.216. The second-order valence-corrected chi connectivity index (χ2v) is 6.03. The van der Waals surface area contributed by atoms with Crippen LogP contribution in [0.15, 0.2) is 39.3 Å². The molecular weight excluding hydrogens is 419 g/mol. The first-order valence-corrected chi connectivity index (χ1v) is 7.26. The number of amides is 1. The van der Waals surface area contributed by atoms with E-state index in [9.17, 15) is 13.6 Å². The van der Waals surface area contributed by atoms with Crippen molar-refractivity contribution in [1.29, 1.82) is 0 Å². The van der Waals surface area contributed by atoms with Crippen LogP contribution >= 0.6 is 43.5 Å². The highest BCUT2D eigenvalue weighted by molar-refractivity contribution is 9.10. The lowest BCUT2D eigenvalue weighted by atomic mass is 10.2. The van der Waals surface area contributed by atoms with Crippen LogP contribution in [0.4, 0.5) is 14.5 Å². The Morgan fingerprint density at radius 3 is 2.30 bits per heavy atom. The van der Waals surface area contributed by atoms with Gasteiger partial charge in [0.1, 0.15) is 17.2 Å². The molecule has 0 saturated carbocycles. The molecule has 2 aromatic rings. The molecule has 1 amide bonds. The Hall–Kier alpha value is -0.980. The third-order valence-electron chi connectivity index (χ3n) is 2.41. The van der Waals surface area contributed by atoms with E-state index < -0.39 is 23.1 Å². The lowest BCUT2D eigenvalue weighted by Crippen LogP contribution is -2.16. The number of benzene rings is 2. The van der Waals surface area contributed by atoms with Crippen molar-refractivity contribution in [3.63, 3.8) is 0 Å². The van der Waals surface area contributed by atoms with Gasteiger partial charge in [-0.15, -0.1) is 0 Å². The molecule has 104 valence electrons. The lowest BCUT2D eigenvalue weighted by Gasteiger charge is -2.09. The van der Waals surface area contributed by atoms with Crippen molar-refractivity contribution in [2.24, 2.45) is 0 Å². The van der Waals surface area contributed by atoms with Crippen molar-refractivity contribution in [1.82, 2.24) is 0 Å². The summed E-state index contributed by atoms with van der Waals surface area (Å²) in [5, 5.41) is 2.79. The Bertz CT molecular complexity index is 671. The molecule has 0 radical (unpaired) electrons. The highest BCUT2D eigenvalue weighted by atomic mass is 79.9. The van der Waals surface area contributed by atoms with Gasteiger partial charge in [-0.3, -0.25) is 4.79 Å². The maximum atomic E-state index is 13.7. The van der Waals surface area contributed by atoms with E-state index in [1.54, 1.807) is 12.1 Å². The summed E-state index contributed by atoms with van der Waals surface area (Å²) < 4.78 is 28.1. The van der Waals surface area contributed by atoms with E-state index in [1.807, 2.05) is 0 Å². The molecule has 2 aromatic carbocycles. The van der Waals surface area contributed by atoms with Crippen LogP contribution in [0.5, 0.6) is 0 Å². The van der Waals surface area contributed by atoms with E-state index in [0.29, 0.717) is 15.2 Å². The summed E-state index contributed by atoms with van der Waals surface area (Å²) in [6.07, 6.45) is 0. The Morgan fingerprint density at radius 1 is 1.10 bits per heavy atom. The topological polar surface area (TPSA) is 29.1 Å². The van der Waals surface area contributed by atoms with Crippen molar-refractivity contribution in [2.45, 2.75) is 0 Å². The Morgan fingerprint density at radius 2 is 1.70 bits per heavy atom. The monoisotopic (exact) mass is 423 g/mol. The summed E-state index contributed by atoms with van der Waals surface area (Å²) in [6.45, 7) is 0. The van der Waals surface area contributed by atoms with Crippen LogP contribution in [0, 0.1) is 11.6 Å². The van der Waals surface area contributed by atoms with Crippen molar-refractivity contribution >= 4 is 55.1 Å². The third-order valence-corrected chi connectivity index (χ3v) is 3.79. The molecule has 0 aliphatic heterocycles. The Labute approximate surface area is 135 Å². The number of rotatable bonds is 2. The molecular formula is C13H6Br2ClF2NO. The van der Waals surface area contributed by atoms with Crippen LogP contribution in [0.3, 0.4) is 0 Å². The van der Waals surface area contributed by atoms with Crippen LogP contribution in [0.25, 0.3) is 0 Å². The average Bonchev–Trinajstić information content (AvgIpc) is 2.32. The van der Waals surface area contributed by atoms with E-state index in [4.69, 9.17) is 11.6 Å². The zero-order valence-corrected chi connectivity index (χ0v) is 13.6. The molecule has 0 bridgehead atoms. The van der Waals surface area contributed by atoms with E-state index in [0.717, 1.165) is 12.1 Å². The van der Waals surface area contributed by atoms with Gasteiger partial charge in [0, 0.05) is 14.0 Å². The summed E-state index contributed by atoms with van der Waals surface area (Å²) in [6, 6.07) is 6.74. The average molecular weight is 425 g/mol. The van der Waals surface area contributed by atoms with Gasteiger partial charge in [0.05, 0.1) is 5.69 Å². The molecule has 0 aromatic heterocycles. The number of nitrogens with one attached hydrogen (secondary N) is 1. The highest BCUT2D eigenvalue weighted by Gasteiger charge is 2.19. The number of carbonyl (C=O) groups is 1. The normalized spacial score (nSPS) is 10.4. The predicted octanol–water partition coefficient (Wildman–Crippen LogP) is 5.40. The first-order valence-electron chi connectivity index (χ1n) is 5.29. The van der Waals surface area contributed by atoms with E-state index in [2.05, 4.69) is 37.2 Å². The molecule has 2 rings (SSSR count). The summed E-state index contributed by atoms with van der Waals surface area (Å²) in [5.41, 5.74) is -0.329. The number of hydrogen-bond donors (Lipinski definition) is 1. The second-order valence-electron chi connectivity index (χ2n) is 3.82. The highest BCUT2D eigenvalue weighted by Crippen LogP contribution is 2.27. The Balaban J connectivity index is 2.36. The largest absolute Gasteiger partial charge is 0.321 e. The molecule has 0 spiro atoms. The molecule has 0 saturated heterocycles. The molecule has 0 unspecified atom stereocenters. The zero-order chi connectivity index (χ0) is 14.9. The standard InChI is InChI=1S/C13H6Br2ClF2NO/c14-6-3-9(17)12(10(18)4-6)13(20)19-11-5-7(16)1-2-8(11)15/h1-5H,(H,19,20). The molecule has 0 aliphatic rings. The number of carbonyl (C=O) groups excluding carboxylic acids is 1. The molecule has 7 heteroatoms. The van der Waals surface area contributed by atoms with Crippen molar-refractivity contribution in [2.75, 3.05) is 5.32 Å². The van der Waals surface area contributed by atoms with Gasteiger partial charge in [0.25, 0.3) is 5.91 Å². The number of hydrogen-bond acceptors (Lipinski definition) is 1.